The van der Waals surface area contributed by atoms with Crippen LogP contribution in [-0.4, -0.2) is 15.3 Å². The van der Waals surface area contributed by atoms with E-state index in [1.165, 1.54) is 11.1 Å². The van der Waals surface area contributed by atoms with E-state index in [-0.39, 0.29) is 0 Å². The summed E-state index contributed by atoms with van der Waals surface area (Å²) in [5, 5.41) is 18.7. The van der Waals surface area contributed by atoms with Gasteiger partial charge in [-0.25, -0.2) is 0 Å². The van der Waals surface area contributed by atoms with E-state index in [0.29, 0.717) is 6.42 Å². The van der Waals surface area contributed by atoms with Gasteiger partial charge < -0.3 is 5.11 Å². The third kappa shape index (κ3) is 3.18. The molecule has 0 fully saturated rings. The van der Waals surface area contributed by atoms with Crippen molar-refractivity contribution in [1.29, 1.82) is 0 Å². The fourth-order valence-electron chi connectivity index (χ4n) is 2.25. The molecule has 0 aliphatic heterocycles. The zero-order valence-corrected chi connectivity index (χ0v) is 11.7. The molecule has 19 heavy (non-hydrogen) atoms. The first-order chi connectivity index (χ1) is 9.11. The van der Waals surface area contributed by atoms with Crippen molar-refractivity contribution in [3.05, 3.63) is 58.4 Å². The van der Waals surface area contributed by atoms with E-state index in [1.807, 2.05) is 32.0 Å². The number of hydrogen-bond donors (Lipinski definition) is 1. The first-order valence-corrected chi connectivity index (χ1v) is 6.67. The lowest BCUT2D eigenvalue weighted by molar-refractivity contribution is 0.176. The first-order valence-electron chi connectivity index (χ1n) is 6.67. The summed E-state index contributed by atoms with van der Waals surface area (Å²) in [5.74, 6) is 0. The summed E-state index contributed by atoms with van der Waals surface area (Å²) in [6.45, 7) is 6.00. The molecule has 1 N–H and O–H groups in total. The molecular weight excluding hydrogens is 236 g/mol. The minimum atomic E-state index is -0.523. The molecule has 0 aliphatic rings. The molecule has 2 rings (SSSR count). The molecule has 0 amide bonds. The second-order valence-corrected chi connectivity index (χ2v) is 4.89. The average molecular weight is 256 g/mol. The van der Waals surface area contributed by atoms with E-state index in [0.717, 1.165) is 23.4 Å². The summed E-state index contributed by atoms with van der Waals surface area (Å²) in [5.41, 5.74) is 5.01. The van der Waals surface area contributed by atoms with Crippen molar-refractivity contribution in [2.75, 3.05) is 0 Å². The van der Waals surface area contributed by atoms with Crippen LogP contribution in [0.3, 0.4) is 0 Å². The lowest BCUT2D eigenvalue weighted by Gasteiger charge is -2.15. The van der Waals surface area contributed by atoms with E-state index in [1.54, 1.807) is 0 Å². The quantitative estimate of drug-likeness (QED) is 0.914. The summed E-state index contributed by atoms with van der Waals surface area (Å²) in [6.07, 6.45) is 0.878. The van der Waals surface area contributed by atoms with Crippen LogP contribution >= 0.6 is 0 Å². The van der Waals surface area contributed by atoms with E-state index in [2.05, 4.69) is 29.3 Å². The SMILES string of the molecule is CCc1nnc(C)cc1C(O)Cc1ccccc1C. The van der Waals surface area contributed by atoms with Crippen LogP contribution in [0.5, 0.6) is 0 Å². The largest absolute Gasteiger partial charge is 0.388 e. The van der Waals surface area contributed by atoms with Gasteiger partial charge in [0.1, 0.15) is 0 Å². The van der Waals surface area contributed by atoms with E-state index in [4.69, 9.17) is 0 Å². The number of benzene rings is 1. The summed E-state index contributed by atoms with van der Waals surface area (Å²) < 4.78 is 0. The van der Waals surface area contributed by atoms with Crippen LogP contribution in [0.25, 0.3) is 0 Å². The van der Waals surface area contributed by atoms with Crippen molar-refractivity contribution < 1.29 is 5.11 Å². The van der Waals surface area contributed by atoms with Gasteiger partial charge in [-0.15, -0.1) is 0 Å². The van der Waals surface area contributed by atoms with Gasteiger partial charge in [0.25, 0.3) is 0 Å². The Kier molecular flexibility index (Phi) is 4.27. The molecule has 1 aromatic heterocycles. The number of aromatic nitrogens is 2. The maximum atomic E-state index is 10.5. The predicted molar refractivity (Wildman–Crippen MR) is 76.0 cm³/mol. The van der Waals surface area contributed by atoms with Crippen LogP contribution in [0.15, 0.2) is 30.3 Å². The predicted octanol–water partition coefficient (Wildman–Crippen LogP) is 2.93. The molecule has 0 saturated heterocycles. The van der Waals surface area contributed by atoms with Crippen LogP contribution in [0, 0.1) is 13.8 Å². The molecule has 3 nitrogen and oxygen atoms in total. The van der Waals surface area contributed by atoms with Gasteiger partial charge in [0.15, 0.2) is 0 Å². The summed E-state index contributed by atoms with van der Waals surface area (Å²) >= 11 is 0. The lowest BCUT2D eigenvalue weighted by atomic mass is 9.96. The number of nitrogens with zero attached hydrogens (tertiary/aromatic N) is 2. The van der Waals surface area contributed by atoms with Crippen LogP contribution in [0.4, 0.5) is 0 Å². The molecule has 1 aromatic carbocycles. The van der Waals surface area contributed by atoms with Crippen molar-refractivity contribution in [2.45, 2.75) is 39.7 Å². The van der Waals surface area contributed by atoms with Gasteiger partial charge in [0.2, 0.25) is 0 Å². The highest BCUT2D eigenvalue weighted by atomic mass is 16.3. The lowest BCUT2D eigenvalue weighted by Crippen LogP contribution is -2.09. The van der Waals surface area contributed by atoms with Gasteiger partial charge in [-0.2, -0.15) is 10.2 Å². The molecule has 1 heterocycles. The molecule has 0 radical (unpaired) electrons. The summed E-state index contributed by atoms with van der Waals surface area (Å²) in [6, 6.07) is 10.1. The van der Waals surface area contributed by atoms with E-state index < -0.39 is 6.10 Å². The Bertz CT molecular complexity index is 566. The fourth-order valence-corrected chi connectivity index (χ4v) is 2.25. The zero-order chi connectivity index (χ0) is 13.8. The van der Waals surface area contributed by atoms with Crippen LogP contribution < -0.4 is 0 Å². The van der Waals surface area contributed by atoms with Gasteiger partial charge in [-0.05, 0) is 37.5 Å². The molecular formula is C16H20N2O. The van der Waals surface area contributed by atoms with Gasteiger partial charge >= 0.3 is 0 Å². The highest BCUT2D eigenvalue weighted by Crippen LogP contribution is 2.23. The molecule has 0 bridgehead atoms. The van der Waals surface area contributed by atoms with Crippen LogP contribution in [-0.2, 0) is 12.8 Å². The summed E-state index contributed by atoms with van der Waals surface area (Å²) in [4.78, 5) is 0. The number of aliphatic hydroxyl groups excluding tert-OH is 1. The van der Waals surface area contributed by atoms with Crippen molar-refractivity contribution in [2.24, 2.45) is 0 Å². The van der Waals surface area contributed by atoms with E-state index >= 15 is 0 Å². The Morgan fingerprint density at radius 1 is 1.16 bits per heavy atom. The Balaban J connectivity index is 2.27. The zero-order valence-electron chi connectivity index (χ0n) is 11.7. The molecule has 1 unspecified atom stereocenters. The minimum Gasteiger partial charge on any atom is -0.388 e. The van der Waals surface area contributed by atoms with Gasteiger partial charge in [0, 0.05) is 12.0 Å². The summed E-state index contributed by atoms with van der Waals surface area (Å²) in [7, 11) is 0. The molecule has 3 heteroatoms. The van der Waals surface area contributed by atoms with Crippen molar-refractivity contribution >= 4 is 0 Å². The molecule has 0 aliphatic carbocycles. The fraction of sp³-hybridized carbons (Fsp3) is 0.375. The van der Waals surface area contributed by atoms with Gasteiger partial charge in [-0.3, -0.25) is 0 Å². The third-order valence-corrected chi connectivity index (χ3v) is 3.39. The molecule has 2 aromatic rings. The molecule has 0 spiro atoms. The van der Waals surface area contributed by atoms with Crippen molar-refractivity contribution in [3.63, 3.8) is 0 Å². The van der Waals surface area contributed by atoms with E-state index in [9.17, 15) is 5.11 Å². The normalized spacial score (nSPS) is 12.4. The maximum Gasteiger partial charge on any atom is 0.0849 e. The standard InChI is InChI=1S/C16H20N2O/c1-4-15-14(9-12(3)17-18-15)16(19)10-13-8-6-5-7-11(13)2/h5-9,16,19H,4,10H2,1-3H3. The number of aliphatic hydroxyl groups is 1. The van der Waals surface area contributed by atoms with Crippen molar-refractivity contribution in [3.8, 4) is 0 Å². The topological polar surface area (TPSA) is 46.0 Å². The van der Waals surface area contributed by atoms with Crippen molar-refractivity contribution in [1.82, 2.24) is 10.2 Å². The smallest absolute Gasteiger partial charge is 0.0849 e. The second kappa shape index (κ2) is 5.93. The Hall–Kier alpha value is -1.74. The highest BCUT2D eigenvalue weighted by Gasteiger charge is 2.15. The monoisotopic (exact) mass is 256 g/mol. The molecule has 1 atom stereocenters. The van der Waals surface area contributed by atoms with Gasteiger partial charge in [0.05, 0.1) is 17.5 Å². The molecule has 100 valence electrons. The minimum absolute atomic E-state index is 0.523. The van der Waals surface area contributed by atoms with Gasteiger partial charge in [-0.1, -0.05) is 31.2 Å². The molecule has 0 saturated carbocycles. The van der Waals surface area contributed by atoms with Crippen LogP contribution in [0.2, 0.25) is 0 Å². The second-order valence-electron chi connectivity index (χ2n) is 4.89. The van der Waals surface area contributed by atoms with Crippen LogP contribution in [0.1, 0.15) is 41.1 Å². The number of rotatable bonds is 4. The number of aryl methyl sites for hydroxylation is 3. The number of hydrogen-bond acceptors (Lipinski definition) is 3. The Labute approximate surface area is 114 Å². The Morgan fingerprint density at radius 2 is 1.89 bits per heavy atom. The highest BCUT2D eigenvalue weighted by molar-refractivity contribution is 5.30. The Morgan fingerprint density at radius 3 is 2.58 bits per heavy atom. The first kappa shape index (κ1) is 13.7. The maximum absolute atomic E-state index is 10.5. The third-order valence-electron chi connectivity index (χ3n) is 3.39. The average Bonchev–Trinajstić information content (AvgIpc) is 2.41.